The van der Waals surface area contributed by atoms with Crippen LogP contribution in [0, 0.1) is 18.7 Å². The highest BCUT2D eigenvalue weighted by atomic mass is 19.1. The molecule has 1 aromatic heterocycles. The number of nitrogens with zero attached hydrogens (tertiary/aromatic N) is 3. The molecule has 2 heterocycles. The zero-order chi connectivity index (χ0) is 19.4. The summed E-state index contributed by atoms with van der Waals surface area (Å²) in [5, 5.41) is 2.76. The van der Waals surface area contributed by atoms with Crippen LogP contribution >= 0.6 is 0 Å². The molecule has 0 spiro atoms. The number of piperidine rings is 1. The monoisotopic (exact) mass is 370 g/mol. The van der Waals surface area contributed by atoms with Crippen molar-refractivity contribution in [1.82, 2.24) is 14.9 Å². The van der Waals surface area contributed by atoms with E-state index in [0.29, 0.717) is 30.4 Å². The molecule has 2 aromatic rings. The number of carbonyl (C=O) groups is 1. The molecular weight excluding hydrogens is 347 g/mol. The lowest BCUT2D eigenvalue weighted by atomic mass is 9.91. The molecule has 1 unspecified atom stereocenters. The van der Waals surface area contributed by atoms with Crippen molar-refractivity contribution in [3.63, 3.8) is 0 Å². The van der Waals surface area contributed by atoms with Gasteiger partial charge < -0.3 is 9.64 Å². The predicted octanol–water partition coefficient (Wildman–Crippen LogP) is 3.89. The molecule has 1 aromatic carbocycles. The number of likely N-dealkylation sites (tertiary alicyclic amines) is 1. The van der Waals surface area contributed by atoms with E-state index in [-0.39, 0.29) is 17.8 Å². The SMILES string of the molecule is COc1cnc(NC(=O)N2CCC(=Cc3ccc(F)c(C)c3)C(C)C2)cn1. The number of methoxy groups -OCH3 is 1. The van der Waals surface area contributed by atoms with Crippen LogP contribution in [0.5, 0.6) is 5.88 Å². The Morgan fingerprint density at radius 3 is 2.81 bits per heavy atom. The molecule has 1 N–H and O–H groups in total. The van der Waals surface area contributed by atoms with E-state index in [4.69, 9.17) is 4.74 Å². The summed E-state index contributed by atoms with van der Waals surface area (Å²) in [5.74, 6) is 0.803. The molecule has 142 valence electrons. The summed E-state index contributed by atoms with van der Waals surface area (Å²) in [6.07, 6.45) is 5.80. The number of nitrogens with one attached hydrogen (secondary N) is 1. The van der Waals surface area contributed by atoms with Gasteiger partial charge in [-0.05, 0) is 42.5 Å². The van der Waals surface area contributed by atoms with Crippen molar-refractivity contribution in [3.05, 3.63) is 53.1 Å². The molecule has 0 radical (unpaired) electrons. The number of aryl methyl sites for hydroxylation is 1. The van der Waals surface area contributed by atoms with Gasteiger partial charge in [-0.2, -0.15) is 0 Å². The number of rotatable bonds is 3. The lowest BCUT2D eigenvalue weighted by Crippen LogP contribution is -2.42. The van der Waals surface area contributed by atoms with Gasteiger partial charge in [0.05, 0.1) is 19.5 Å². The van der Waals surface area contributed by atoms with Crippen LogP contribution in [-0.4, -0.2) is 41.1 Å². The van der Waals surface area contributed by atoms with Crippen LogP contribution in [0.15, 0.2) is 36.2 Å². The number of aromatic nitrogens is 2. The lowest BCUT2D eigenvalue weighted by molar-refractivity contribution is 0.197. The van der Waals surface area contributed by atoms with Crippen molar-refractivity contribution in [3.8, 4) is 5.88 Å². The Bertz CT molecular complexity index is 852. The molecule has 1 aliphatic heterocycles. The Kier molecular flexibility index (Phi) is 5.69. The number of hydrogen-bond donors (Lipinski definition) is 1. The zero-order valence-electron chi connectivity index (χ0n) is 15.7. The van der Waals surface area contributed by atoms with Gasteiger partial charge >= 0.3 is 6.03 Å². The van der Waals surface area contributed by atoms with Crippen LogP contribution in [0.3, 0.4) is 0 Å². The average Bonchev–Trinajstić information content (AvgIpc) is 2.67. The van der Waals surface area contributed by atoms with E-state index in [0.717, 1.165) is 12.0 Å². The third-order valence-electron chi connectivity index (χ3n) is 4.69. The highest BCUT2D eigenvalue weighted by molar-refractivity contribution is 5.88. The first-order valence-corrected chi connectivity index (χ1v) is 8.85. The highest BCUT2D eigenvalue weighted by Gasteiger charge is 2.24. The third-order valence-corrected chi connectivity index (χ3v) is 4.69. The molecule has 1 saturated heterocycles. The van der Waals surface area contributed by atoms with Gasteiger partial charge in [-0.15, -0.1) is 0 Å². The van der Waals surface area contributed by atoms with Gasteiger partial charge in [0.1, 0.15) is 5.82 Å². The van der Waals surface area contributed by atoms with Crippen LogP contribution in [0.2, 0.25) is 0 Å². The molecule has 1 fully saturated rings. The van der Waals surface area contributed by atoms with Crippen molar-refractivity contribution in [2.75, 3.05) is 25.5 Å². The summed E-state index contributed by atoms with van der Waals surface area (Å²) < 4.78 is 18.4. The van der Waals surface area contributed by atoms with Gasteiger partial charge in [0.2, 0.25) is 5.88 Å². The number of urea groups is 1. The fourth-order valence-corrected chi connectivity index (χ4v) is 3.09. The zero-order valence-corrected chi connectivity index (χ0v) is 15.7. The summed E-state index contributed by atoms with van der Waals surface area (Å²) in [6, 6.07) is 4.92. The minimum absolute atomic E-state index is 0.196. The van der Waals surface area contributed by atoms with Crippen LogP contribution < -0.4 is 10.1 Å². The number of anilines is 1. The summed E-state index contributed by atoms with van der Waals surface area (Å²) in [4.78, 5) is 22.4. The Hall–Kier alpha value is -2.96. The molecule has 2 amide bonds. The van der Waals surface area contributed by atoms with E-state index in [9.17, 15) is 9.18 Å². The second-order valence-electron chi connectivity index (χ2n) is 6.70. The molecule has 0 bridgehead atoms. The minimum Gasteiger partial charge on any atom is -0.480 e. The lowest BCUT2D eigenvalue weighted by Gasteiger charge is -2.33. The standard InChI is InChI=1S/C20H23FN4O2/c1-13-8-15(4-5-17(13)21)9-16-6-7-25(12-14(16)2)20(26)24-18-10-23-19(27-3)11-22-18/h4-5,8-11,14H,6-7,12H2,1-3H3,(H,22,24,26). The Morgan fingerprint density at radius 1 is 1.37 bits per heavy atom. The molecule has 0 aliphatic carbocycles. The third kappa shape index (κ3) is 4.61. The number of amides is 2. The summed E-state index contributed by atoms with van der Waals surface area (Å²) in [7, 11) is 1.51. The first-order valence-electron chi connectivity index (χ1n) is 8.85. The van der Waals surface area contributed by atoms with Crippen molar-refractivity contribution < 1.29 is 13.9 Å². The van der Waals surface area contributed by atoms with E-state index in [1.807, 2.05) is 6.07 Å². The van der Waals surface area contributed by atoms with Crippen LogP contribution in [0.1, 0.15) is 24.5 Å². The van der Waals surface area contributed by atoms with Gasteiger partial charge in [0, 0.05) is 13.1 Å². The van der Waals surface area contributed by atoms with Gasteiger partial charge in [0.15, 0.2) is 5.82 Å². The molecular formula is C20H23FN4O2. The van der Waals surface area contributed by atoms with Crippen molar-refractivity contribution in [2.45, 2.75) is 20.3 Å². The molecule has 1 atom stereocenters. The van der Waals surface area contributed by atoms with Crippen molar-refractivity contribution >= 4 is 17.9 Å². The molecule has 0 saturated carbocycles. The molecule has 27 heavy (non-hydrogen) atoms. The van der Waals surface area contributed by atoms with E-state index in [1.165, 1.54) is 31.1 Å². The highest BCUT2D eigenvalue weighted by Crippen LogP contribution is 2.26. The maximum atomic E-state index is 13.4. The number of benzene rings is 1. The van der Waals surface area contributed by atoms with E-state index in [2.05, 4.69) is 28.3 Å². The second-order valence-corrected chi connectivity index (χ2v) is 6.70. The number of halogens is 1. The fourth-order valence-electron chi connectivity index (χ4n) is 3.09. The molecule has 3 rings (SSSR count). The van der Waals surface area contributed by atoms with Crippen LogP contribution in [-0.2, 0) is 0 Å². The predicted molar refractivity (Wildman–Crippen MR) is 102 cm³/mol. The number of carbonyl (C=O) groups excluding carboxylic acids is 1. The van der Waals surface area contributed by atoms with Crippen LogP contribution in [0.4, 0.5) is 15.0 Å². The maximum Gasteiger partial charge on any atom is 0.323 e. The topological polar surface area (TPSA) is 67.3 Å². The normalized spacial score (nSPS) is 18.4. The fraction of sp³-hybridized carbons (Fsp3) is 0.350. The molecule has 1 aliphatic rings. The molecule has 7 heteroatoms. The number of hydrogen-bond acceptors (Lipinski definition) is 4. The van der Waals surface area contributed by atoms with Gasteiger partial charge in [0.25, 0.3) is 0 Å². The average molecular weight is 370 g/mol. The Morgan fingerprint density at radius 2 is 2.19 bits per heavy atom. The van der Waals surface area contributed by atoms with Crippen molar-refractivity contribution in [1.29, 1.82) is 0 Å². The quantitative estimate of drug-likeness (QED) is 0.890. The first-order chi connectivity index (χ1) is 13.0. The van der Waals surface area contributed by atoms with E-state index in [1.54, 1.807) is 17.9 Å². The van der Waals surface area contributed by atoms with Crippen molar-refractivity contribution in [2.24, 2.45) is 5.92 Å². The Labute approximate surface area is 158 Å². The summed E-state index contributed by atoms with van der Waals surface area (Å²) in [5.41, 5.74) is 2.88. The van der Waals surface area contributed by atoms with Gasteiger partial charge in [-0.25, -0.2) is 19.2 Å². The summed E-state index contributed by atoms with van der Waals surface area (Å²) in [6.45, 7) is 5.08. The second kappa shape index (κ2) is 8.16. The first kappa shape index (κ1) is 18.8. The maximum absolute atomic E-state index is 13.4. The summed E-state index contributed by atoms with van der Waals surface area (Å²) >= 11 is 0. The van der Waals surface area contributed by atoms with E-state index >= 15 is 0 Å². The van der Waals surface area contributed by atoms with Gasteiger partial charge in [-0.3, -0.25) is 5.32 Å². The minimum atomic E-state index is -0.196. The molecule has 6 nitrogen and oxygen atoms in total. The van der Waals surface area contributed by atoms with E-state index < -0.39 is 0 Å². The Balaban J connectivity index is 1.62. The van der Waals surface area contributed by atoms with Gasteiger partial charge in [-0.1, -0.05) is 24.6 Å². The largest absolute Gasteiger partial charge is 0.480 e. The number of ether oxygens (including phenoxy) is 1. The smallest absolute Gasteiger partial charge is 0.323 e. The van der Waals surface area contributed by atoms with Crippen LogP contribution in [0.25, 0.3) is 6.08 Å².